The summed E-state index contributed by atoms with van der Waals surface area (Å²) in [6.45, 7) is 2.56. The van der Waals surface area contributed by atoms with Crippen LogP contribution in [0.1, 0.15) is 35.6 Å². The largest absolute Gasteiger partial charge is 0.506 e. The number of aromatic amines is 1. The normalized spacial score (nSPS) is 13.5. The fraction of sp³-hybridized carbons (Fsp3) is 0.115. The van der Waals surface area contributed by atoms with Crippen LogP contribution in [0.25, 0.3) is 22.4 Å². The molecule has 0 saturated heterocycles. The number of benzene rings is 3. The number of rotatable bonds is 7. The maximum absolute atomic E-state index is 13.9. The molecule has 0 saturated carbocycles. The lowest BCUT2D eigenvalue weighted by Crippen LogP contribution is -2.38. The monoisotopic (exact) mass is 522 g/mol. The number of sulfonamides is 1. The molecule has 0 fully saturated rings. The summed E-state index contributed by atoms with van der Waals surface area (Å²) >= 11 is 0. The summed E-state index contributed by atoms with van der Waals surface area (Å²) in [5, 5.41) is 21.0. The van der Waals surface area contributed by atoms with E-state index in [1.807, 2.05) is 0 Å². The Morgan fingerprint density at radius 3 is 2.38 bits per heavy atom. The van der Waals surface area contributed by atoms with Gasteiger partial charge in [0.2, 0.25) is 5.78 Å². The van der Waals surface area contributed by atoms with E-state index in [1.54, 1.807) is 24.3 Å². The lowest BCUT2D eigenvalue weighted by atomic mass is 9.98. The fourth-order valence-corrected chi connectivity index (χ4v) is 4.53. The molecule has 0 aliphatic rings. The van der Waals surface area contributed by atoms with Gasteiger partial charge in [-0.3, -0.25) is 4.79 Å². The minimum atomic E-state index is -4.39. The van der Waals surface area contributed by atoms with Crippen LogP contribution in [0.2, 0.25) is 0 Å². The number of aliphatic hydroxyl groups is 2. The van der Waals surface area contributed by atoms with Crippen LogP contribution in [0, 0.1) is 5.82 Å². The predicted octanol–water partition coefficient (Wildman–Crippen LogP) is 3.83. The molecule has 0 radical (unpaired) electrons. The summed E-state index contributed by atoms with van der Waals surface area (Å²) in [4.78, 5) is 20.7. The highest BCUT2D eigenvalue weighted by atomic mass is 32.2. The molecule has 9 nitrogen and oxygen atoms in total. The molecule has 0 amide bonds. The van der Waals surface area contributed by atoms with Gasteiger partial charge in [-0.1, -0.05) is 36.4 Å². The number of hydrogen-bond donors (Lipinski definition) is 4. The Morgan fingerprint density at radius 1 is 1.03 bits per heavy atom. The zero-order valence-electron chi connectivity index (χ0n) is 19.8. The number of aliphatic hydroxyl groups excluding tert-OH is 1. The van der Waals surface area contributed by atoms with E-state index in [-0.39, 0.29) is 27.4 Å². The first-order valence-corrected chi connectivity index (χ1v) is 12.4. The second kappa shape index (κ2) is 9.60. The molecule has 4 rings (SSSR count). The van der Waals surface area contributed by atoms with Crippen molar-refractivity contribution in [2.45, 2.75) is 24.3 Å². The van der Waals surface area contributed by atoms with Crippen LogP contribution in [-0.2, 0) is 10.0 Å². The van der Waals surface area contributed by atoms with Gasteiger partial charge in [-0.25, -0.2) is 9.37 Å². The van der Waals surface area contributed by atoms with Crippen LogP contribution < -0.4 is 5.73 Å². The highest BCUT2D eigenvalue weighted by molar-refractivity contribution is 7.90. The topological polar surface area (TPSA) is 159 Å². The van der Waals surface area contributed by atoms with Gasteiger partial charge in [0.25, 0.3) is 10.0 Å². The Bertz CT molecular complexity index is 1650. The number of H-pyrrole nitrogens is 1. The lowest BCUT2D eigenvalue weighted by molar-refractivity contribution is 0.105. The molecule has 11 heteroatoms. The van der Waals surface area contributed by atoms with Crippen LogP contribution in [0.5, 0.6) is 0 Å². The number of nitrogens with two attached hydrogens (primary N) is 1. The zero-order chi connectivity index (χ0) is 27.0. The standard InChI is InChI=1S/C26H23FN4O5S/c1-26(2,34)25(28)31-37(35,36)18-10-6-8-16(14-18)23(33)21(22(32)15-7-5-9-17(27)13-15)24-29-19-11-3-4-12-20(19)30-24/h3-14,32,34H,1-2H3,(H2,28,31)(H,29,30). The minimum Gasteiger partial charge on any atom is -0.506 e. The van der Waals surface area contributed by atoms with Crippen molar-refractivity contribution in [3.05, 3.63) is 95.6 Å². The third-order valence-electron chi connectivity index (χ3n) is 5.43. The van der Waals surface area contributed by atoms with Gasteiger partial charge in [-0.15, -0.1) is 4.40 Å². The van der Waals surface area contributed by atoms with Gasteiger partial charge in [0.05, 0.1) is 15.9 Å². The van der Waals surface area contributed by atoms with Crippen molar-refractivity contribution in [2.24, 2.45) is 10.1 Å². The van der Waals surface area contributed by atoms with Crippen molar-refractivity contribution >= 4 is 44.0 Å². The van der Waals surface area contributed by atoms with E-state index in [0.717, 1.165) is 12.1 Å². The minimum absolute atomic E-state index is 0.00511. The Balaban J connectivity index is 1.87. The number of aromatic nitrogens is 2. The molecule has 0 aliphatic heterocycles. The number of Topliss-reactive ketones (excluding diaryl/α,β-unsaturated/α-hetero) is 1. The Kier molecular flexibility index (Phi) is 6.68. The number of carbonyl (C=O) groups excluding carboxylic acids is 1. The zero-order valence-corrected chi connectivity index (χ0v) is 20.6. The first kappa shape index (κ1) is 25.7. The van der Waals surface area contributed by atoms with Crippen molar-refractivity contribution in [3.8, 4) is 0 Å². The molecule has 0 spiro atoms. The number of imidazole rings is 1. The molecule has 3 aromatic carbocycles. The Labute approximate surface area is 211 Å². The molecule has 0 bridgehead atoms. The smallest absolute Gasteiger partial charge is 0.284 e. The van der Waals surface area contributed by atoms with Crippen molar-refractivity contribution in [1.82, 2.24) is 9.97 Å². The van der Waals surface area contributed by atoms with E-state index in [1.165, 1.54) is 50.2 Å². The predicted molar refractivity (Wildman–Crippen MR) is 138 cm³/mol. The van der Waals surface area contributed by atoms with Crippen LogP contribution in [0.4, 0.5) is 4.39 Å². The van der Waals surface area contributed by atoms with E-state index in [4.69, 9.17) is 5.73 Å². The van der Waals surface area contributed by atoms with Crippen molar-refractivity contribution in [3.63, 3.8) is 0 Å². The number of nitrogens with zero attached hydrogens (tertiary/aromatic N) is 2. The molecule has 1 aromatic heterocycles. The number of nitrogens with one attached hydrogen (secondary N) is 1. The number of hydrogen-bond acceptors (Lipinski definition) is 6. The first-order valence-electron chi connectivity index (χ1n) is 11.0. The average Bonchev–Trinajstić information content (AvgIpc) is 3.27. The molecular weight excluding hydrogens is 499 g/mol. The molecule has 0 unspecified atom stereocenters. The third-order valence-corrected chi connectivity index (χ3v) is 6.71. The summed E-state index contributed by atoms with van der Waals surface area (Å²) in [6, 6.07) is 16.9. The van der Waals surface area contributed by atoms with Gasteiger partial charge in [0, 0.05) is 11.1 Å². The lowest BCUT2D eigenvalue weighted by Gasteiger charge is -2.15. The van der Waals surface area contributed by atoms with Crippen LogP contribution in [-0.4, -0.2) is 45.8 Å². The van der Waals surface area contributed by atoms with Crippen molar-refractivity contribution < 1.29 is 27.8 Å². The molecule has 37 heavy (non-hydrogen) atoms. The summed E-state index contributed by atoms with van der Waals surface area (Å²) in [7, 11) is -4.39. The highest BCUT2D eigenvalue weighted by Crippen LogP contribution is 2.29. The van der Waals surface area contributed by atoms with Gasteiger partial charge < -0.3 is 20.9 Å². The van der Waals surface area contributed by atoms with Crippen LogP contribution >= 0.6 is 0 Å². The molecule has 190 valence electrons. The van der Waals surface area contributed by atoms with Gasteiger partial charge in [-0.05, 0) is 50.2 Å². The molecule has 4 aromatic rings. The summed E-state index contributed by atoms with van der Waals surface area (Å²) < 4.78 is 43.0. The van der Waals surface area contributed by atoms with Crippen LogP contribution in [0.15, 0.2) is 82.1 Å². The second-order valence-electron chi connectivity index (χ2n) is 8.70. The van der Waals surface area contributed by atoms with E-state index in [9.17, 15) is 27.8 Å². The van der Waals surface area contributed by atoms with Gasteiger partial charge in [0.1, 0.15) is 34.4 Å². The van der Waals surface area contributed by atoms with E-state index in [2.05, 4.69) is 14.4 Å². The number of amidine groups is 1. The van der Waals surface area contributed by atoms with Gasteiger partial charge in [0.15, 0.2) is 0 Å². The summed E-state index contributed by atoms with van der Waals surface area (Å²) in [5.74, 6) is -2.49. The van der Waals surface area contributed by atoms with Crippen molar-refractivity contribution in [1.29, 1.82) is 0 Å². The molecule has 1 heterocycles. The quantitative estimate of drug-likeness (QED) is 0.0944. The molecule has 5 N–H and O–H groups in total. The first-order chi connectivity index (χ1) is 17.4. The van der Waals surface area contributed by atoms with Gasteiger partial charge in [-0.2, -0.15) is 8.42 Å². The number of fused-ring (bicyclic) bond motifs is 1. The SMILES string of the molecule is CC(C)(O)C(N)=NS(=O)(=O)c1cccc(C(=O)C(=C(O)c2cccc(F)c2)c2nc3ccccc3[nH]2)c1. The van der Waals surface area contributed by atoms with E-state index in [0.29, 0.717) is 11.0 Å². The molecule has 0 aliphatic carbocycles. The van der Waals surface area contributed by atoms with E-state index >= 15 is 0 Å². The maximum atomic E-state index is 13.9. The van der Waals surface area contributed by atoms with Gasteiger partial charge >= 0.3 is 0 Å². The van der Waals surface area contributed by atoms with E-state index < -0.39 is 38.8 Å². The molecule has 0 atom stereocenters. The Morgan fingerprint density at radius 2 is 1.70 bits per heavy atom. The van der Waals surface area contributed by atoms with Crippen LogP contribution in [0.3, 0.4) is 0 Å². The Hall–Kier alpha value is -4.35. The van der Waals surface area contributed by atoms with Crippen molar-refractivity contribution in [2.75, 3.05) is 0 Å². The fourth-order valence-electron chi connectivity index (χ4n) is 3.41. The number of carbonyl (C=O) groups is 1. The summed E-state index contributed by atoms with van der Waals surface area (Å²) in [6.07, 6.45) is 0. The number of para-hydroxylation sites is 2. The third kappa shape index (κ3) is 5.42. The number of halogens is 1. The second-order valence-corrected chi connectivity index (χ2v) is 10.3. The highest BCUT2D eigenvalue weighted by Gasteiger charge is 2.27. The maximum Gasteiger partial charge on any atom is 0.284 e. The molecular formula is C26H23FN4O5S. The summed E-state index contributed by atoms with van der Waals surface area (Å²) in [5.41, 5.74) is 4.65. The average molecular weight is 523 g/mol. The number of ketones is 1. The number of allylic oxidation sites excluding steroid dienone is 1.